The Balaban J connectivity index is 1.89. The fourth-order valence-electron chi connectivity index (χ4n) is 5.05. The Hall–Kier alpha value is -1.96. The molecule has 0 heterocycles. The second-order valence-electron chi connectivity index (χ2n) is 8.92. The van der Waals surface area contributed by atoms with Crippen LogP contribution in [0.1, 0.15) is 101 Å². The number of aromatic hydroxyl groups is 2. The molecule has 0 unspecified atom stereocenters. The van der Waals surface area contributed by atoms with E-state index in [1.807, 2.05) is 24.3 Å². The lowest BCUT2D eigenvalue weighted by molar-refractivity contribution is 0.390. The number of phenolic OH excluding ortho intramolecular Hbond substituents is 2. The minimum Gasteiger partial charge on any atom is -0.508 e. The molecule has 0 spiro atoms. The first-order chi connectivity index (χ1) is 14.2. The highest BCUT2D eigenvalue weighted by Crippen LogP contribution is 2.43. The van der Waals surface area contributed by atoms with Crippen LogP contribution in [0.15, 0.2) is 48.5 Å². The van der Waals surface area contributed by atoms with Crippen LogP contribution in [0.4, 0.5) is 0 Å². The molecule has 0 aliphatic heterocycles. The summed E-state index contributed by atoms with van der Waals surface area (Å²) in [5, 5.41) is 19.7. The van der Waals surface area contributed by atoms with E-state index in [9.17, 15) is 10.2 Å². The van der Waals surface area contributed by atoms with Crippen LogP contribution in [0.25, 0.3) is 0 Å². The highest BCUT2D eigenvalue weighted by Gasteiger charge is 2.33. The molecule has 0 amide bonds. The van der Waals surface area contributed by atoms with Crippen molar-refractivity contribution in [1.29, 1.82) is 0 Å². The van der Waals surface area contributed by atoms with Gasteiger partial charge in [0.2, 0.25) is 0 Å². The van der Waals surface area contributed by atoms with Crippen molar-refractivity contribution >= 4 is 0 Å². The van der Waals surface area contributed by atoms with Crippen molar-refractivity contribution in [1.82, 2.24) is 0 Å². The van der Waals surface area contributed by atoms with Gasteiger partial charge in [0, 0.05) is 5.41 Å². The maximum Gasteiger partial charge on any atom is 0.115 e. The predicted molar refractivity (Wildman–Crippen MR) is 122 cm³/mol. The van der Waals surface area contributed by atoms with Gasteiger partial charge in [-0.1, -0.05) is 101 Å². The summed E-state index contributed by atoms with van der Waals surface area (Å²) in [5.74, 6) is 0.651. The summed E-state index contributed by atoms with van der Waals surface area (Å²) in [5.41, 5.74) is 2.55. The topological polar surface area (TPSA) is 40.5 Å². The number of hydrogen-bond acceptors (Lipinski definition) is 2. The van der Waals surface area contributed by atoms with E-state index in [4.69, 9.17) is 0 Å². The average Bonchev–Trinajstić information content (AvgIpc) is 2.74. The first-order valence-corrected chi connectivity index (χ1v) is 11.8. The zero-order valence-electron chi connectivity index (χ0n) is 17.9. The van der Waals surface area contributed by atoms with Gasteiger partial charge in [0.05, 0.1) is 0 Å². The third-order valence-corrected chi connectivity index (χ3v) is 6.80. The Kier molecular flexibility index (Phi) is 8.46. The van der Waals surface area contributed by atoms with Gasteiger partial charge in [-0.25, -0.2) is 0 Å². The molecule has 0 atom stereocenters. The molecule has 1 saturated carbocycles. The third kappa shape index (κ3) is 6.26. The Morgan fingerprint density at radius 3 is 1.00 bits per heavy atom. The molecule has 0 aromatic heterocycles. The van der Waals surface area contributed by atoms with Gasteiger partial charge in [0.1, 0.15) is 11.5 Å². The van der Waals surface area contributed by atoms with Gasteiger partial charge in [-0.2, -0.15) is 0 Å². The monoisotopic (exact) mass is 394 g/mol. The predicted octanol–water partition coefficient (Wildman–Crippen LogP) is 7.86. The van der Waals surface area contributed by atoms with E-state index in [0.29, 0.717) is 11.5 Å². The Bertz CT molecular complexity index is 639. The Labute approximate surface area is 177 Å². The van der Waals surface area contributed by atoms with Crippen molar-refractivity contribution in [2.75, 3.05) is 0 Å². The first-order valence-electron chi connectivity index (χ1n) is 11.8. The van der Waals surface area contributed by atoms with Crippen LogP contribution in [0.3, 0.4) is 0 Å². The van der Waals surface area contributed by atoms with Crippen LogP contribution in [-0.4, -0.2) is 10.2 Å². The molecular weight excluding hydrogens is 356 g/mol. The van der Waals surface area contributed by atoms with E-state index in [0.717, 1.165) is 12.8 Å². The van der Waals surface area contributed by atoms with E-state index in [2.05, 4.69) is 24.3 Å². The van der Waals surface area contributed by atoms with Crippen molar-refractivity contribution in [2.45, 2.75) is 95.3 Å². The molecule has 0 radical (unpaired) electrons. The molecule has 3 rings (SSSR count). The van der Waals surface area contributed by atoms with E-state index in [-0.39, 0.29) is 5.41 Å². The molecule has 29 heavy (non-hydrogen) atoms. The molecule has 1 fully saturated rings. The number of phenols is 2. The Morgan fingerprint density at radius 2 is 0.690 bits per heavy atom. The molecule has 1 aliphatic rings. The molecule has 2 aromatic carbocycles. The zero-order valence-corrected chi connectivity index (χ0v) is 17.9. The second kappa shape index (κ2) is 11.3. The smallest absolute Gasteiger partial charge is 0.115 e. The van der Waals surface area contributed by atoms with Gasteiger partial charge in [0.25, 0.3) is 0 Å². The van der Waals surface area contributed by atoms with Crippen LogP contribution in [0, 0.1) is 0 Å². The normalized spacial score (nSPS) is 19.7. The summed E-state index contributed by atoms with van der Waals surface area (Å²) in [4.78, 5) is 0. The SMILES string of the molecule is Oc1ccc(C2(c3ccc(O)cc3)CCCCCCCCCCCCCC2)cc1. The van der Waals surface area contributed by atoms with Crippen LogP contribution in [0.2, 0.25) is 0 Å². The summed E-state index contributed by atoms with van der Waals surface area (Å²) in [6.45, 7) is 0. The van der Waals surface area contributed by atoms with Gasteiger partial charge in [0.15, 0.2) is 0 Å². The summed E-state index contributed by atoms with van der Waals surface area (Å²) in [6.07, 6.45) is 18.3. The van der Waals surface area contributed by atoms with Crippen LogP contribution >= 0.6 is 0 Å². The quantitative estimate of drug-likeness (QED) is 0.544. The van der Waals surface area contributed by atoms with Crippen molar-refractivity contribution in [3.05, 3.63) is 59.7 Å². The summed E-state index contributed by atoms with van der Waals surface area (Å²) in [6, 6.07) is 15.7. The molecular formula is C27H38O2. The maximum absolute atomic E-state index is 9.85. The summed E-state index contributed by atoms with van der Waals surface area (Å²) < 4.78 is 0. The largest absolute Gasteiger partial charge is 0.508 e. The summed E-state index contributed by atoms with van der Waals surface area (Å²) >= 11 is 0. The highest BCUT2D eigenvalue weighted by molar-refractivity contribution is 5.43. The molecule has 0 saturated heterocycles. The minimum absolute atomic E-state index is 0.0401. The number of benzene rings is 2. The first kappa shape index (κ1) is 21.7. The fraction of sp³-hybridized carbons (Fsp3) is 0.556. The lowest BCUT2D eigenvalue weighted by Crippen LogP contribution is -2.28. The van der Waals surface area contributed by atoms with Gasteiger partial charge in [-0.3, -0.25) is 0 Å². The fourth-order valence-corrected chi connectivity index (χ4v) is 5.05. The highest BCUT2D eigenvalue weighted by atomic mass is 16.3. The van der Waals surface area contributed by atoms with E-state index < -0.39 is 0 Å². The Morgan fingerprint density at radius 1 is 0.414 bits per heavy atom. The molecule has 158 valence electrons. The van der Waals surface area contributed by atoms with E-state index >= 15 is 0 Å². The molecule has 0 bridgehead atoms. The molecule has 1 aliphatic carbocycles. The van der Waals surface area contributed by atoms with Gasteiger partial charge in [-0.05, 0) is 48.2 Å². The molecule has 2 N–H and O–H groups in total. The molecule has 2 nitrogen and oxygen atoms in total. The van der Waals surface area contributed by atoms with Gasteiger partial charge in [-0.15, -0.1) is 0 Å². The maximum atomic E-state index is 9.85. The minimum atomic E-state index is -0.0401. The van der Waals surface area contributed by atoms with Crippen molar-refractivity contribution in [3.63, 3.8) is 0 Å². The zero-order chi connectivity index (χ0) is 20.4. The van der Waals surface area contributed by atoms with Crippen LogP contribution < -0.4 is 0 Å². The number of hydrogen-bond donors (Lipinski definition) is 2. The van der Waals surface area contributed by atoms with Crippen LogP contribution in [0.5, 0.6) is 11.5 Å². The van der Waals surface area contributed by atoms with Crippen LogP contribution in [-0.2, 0) is 5.41 Å². The average molecular weight is 395 g/mol. The van der Waals surface area contributed by atoms with Gasteiger partial charge >= 0.3 is 0 Å². The van der Waals surface area contributed by atoms with Crippen molar-refractivity contribution in [3.8, 4) is 11.5 Å². The molecule has 2 heteroatoms. The van der Waals surface area contributed by atoms with Crippen molar-refractivity contribution in [2.24, 2.45) is 0 Å². The van der Waals surface area contributed by atoms with E-state index in [1.54, 1.807) is 0 Å². The van der Waals surface area contributed by atoms with E-state index in [1.165, 1.54) is 88.2 Å². The standard InChI is InChI=1S/C27H38O2/c28-25-17-13-23(14-18-25)27(24-15-19-26(29)20-16-24)21-11-9-7-5-3-1-2-4-6-8-10-12-22-27/h13-20,28-29H,1-12,21-22H2. The summed E-state index contributed by atoms with van der Waals surface area (Å²) in [7, 11) is 0. The molecule has 2 aromatic rings. The third-order valence-electron chi connectivity index (χ3n) is 6.80. The lowest BCUT2D eigenvalue weighted by atomic mass is 9.68. The van der Waals surface area contributed by atoms with Crippen molar-refractivity contribution < 1.29 is 10.2 Å². The second-order valence-corrected chi connectivity index (χ2v) is 8.92. The lowest BCUT2D eigenvalue weighted by Gasteiger charge is -2.36. The number of rotatable bonds is 2. The van der Waals surface area contributed by atoms with Gasteiger partial charge < -0.3 is 10.2 Å².